The number of rotatable bonds is 5. The monoisotopic (exact) mass is 248 g/mol. The van der Waals surface area contributed by atoms with Gasteiger partial charge in [0.2, 0.25) is 24.3 Å². The van der Waals surface area contributed by atoms with Gasteiger partial charge in [0.25, 0.3) is 0 Å². The number of carbonyl (C=O) groups excluding carboxylic acids is 4. The Kier molecular flexibility index (Phi) is 4.76. The van der Waals surface area contributed by atoms with Crippen LogP contribution in [-0.2, 0) is 19.2 Å². The van der Waals surface area contributed by atoms with Crippen molar-refractivity contribution in [3.63, 3.8) is 0 Å². The van der Waals surface area contributed by atoms with E-state index < -0.39 is 17.6 Å². The Morgan fingerprint density at radius 1 is 1.00 bits per heavy atom. The van der Waals surface area contributed by atoms with Crippen molar-refractivity contribution in [1.29, 1.82) is 0 Å². The normalized spacial score (nSPS) is 29.1. The molecule has 0 amide bonds. The zero-order chi connectivity index (χ0) is 13.4. The van der Waals surface area contributed by atoms with Crippen molar-refractivity contribution in [2.24, 2.45) is 25.9 Å². The third kappa shape index (κ3) is 2.80. The second-order valence-electron chi connectivity index (χ2n) is 3.73. The molecule has 18 heavy (non-hydrogen) atoms. The first-order valence-corrected chi connectivity index (χ1v) is 5.01. The van der Waals surface area contributed by atoms with Gasteiger partial charge in [-0.3, -0.25) is 0 Å². The molecule has 1 aliphatic carbocycles. The van der Waals surface area contributed by atoms with E-state index >= 15 is 0 Å². The van der Waals surface area contributed by atoms with E-state index in [1.807, 2.05) is 0 Å². The standard InChI is InChI=1S/C10H8N4O4/c15-4-11-3-8-1-9(12-5-16)2-10(8,13-6-17)14-7-18/h8-9H,1-3H2. The van der Waals surface area contributed by atoms with E-state index in [4.69, 9.17) is 0 Å². The molecule has 0 saturated heterocycles. The maximum Gasteiger partial charge on any atom is 0.237 e. The van der Waals surface area contributed by atoms with Gasteiger partial charge >= 0.3 is 0 Å². The number of isocyanates is 4. The van der Waals surface area contributed by atoms with Crippen molar-refractivity contribution < 1.29 is 19.2 Å². The second-order valence-corrected chi connectivity index (χ2v) is 3.73. The van der Waals surface area contributed by atoms with Crippen LogP contribution < -0.4 is 0 Å². The molecule has 1 fully saturated rings. The van der Waals surface area contributed by atoms with E-state index in [1.165, 1.54) is 24.3 Å². The minimum Gasteiger partial charge on any atom is -0.211 e. The Morgan fingerprint density at radius 2 is 1.67 bits per heavy atom. The van der Waals surface area contributed by atoms with E-state index in [1.54, 1.807) is 0 Å². The molecule has 0 radical (unpaired) electrons. The lowest BCUT2D eigenvalue weighted by Crippen LogP contribution is -2.30. The summed E-state index contributed by atoms with van der Waals surface area (Å²) >= 11 is 0. The highest BCUT2D eigenvalue weighted by Crippen LogP contribution is 2.41. The smallest absolute Gasteiger partial charge is 0.211 e. The Labute approximate surface area is 101 Å². The topological polar surface area (TPSA) is 118 Å². The van der Waals surface area contributed by atoms with Crippen LogP contribution in [0.2, 0.25) is 0 Å². The van der Waals surface area contributed by atoms with Crippen molar-refractivity contribution in [1.82, 2.24) is 0 Å². The van der Waals surface area contributed by atoms with Crippen molar-refractivity contribution >= 4 is 24.3 Å². The molecule has 0 N–H and O–H groups in total. The van der Waals surface area contributed by atoms with Crippen LogP contribution in [0.15, 0.2) is 20.0 Å². The SMILES string of the molecule is O=C=NCC1CC(N=C=O)CC1(N=C=O)N=C=O. The number of hydrogen-bond donors (Lipinski definition) is 0. The van der Waals surface area contributed by atoms with Crippen LogP contribution in [0.3, 0.4) is 0 Å². The summed E-state index contributed by atoms with van der Waals surface area (Å²) in [5.41, 5.74) is -1.41. The average Bonchev–Trinajstić information content (AvgIpc) is 2.66. The zero-order valence-electron chi connectivity index (χ0n) is 9.20. The van der Waals surface area contributed by atoms with Crippen molar-refractivity contribution in [3.8, 4) is 0 Å². The minimum atomic E-state index is -1.41. The van der Waals surface area contributed by atoms with Crippen LogP contribution >= 0.6 is 0 Å². The highest BCUT2D eigenvalue weighted by atomic mass is 16.1. The Morgan fingerprint density at radius 3 is 2.17 bits per heavy atom. The van der Waals surface area contributed by atoms with Crippen LogP contribution in [-0.4, -0.2) is 42.6 Å². The molecule has 0 aromatic heterocycles. The lowest BCUT2D eigenvalue weighted by Gasteiger charge is -2.21. The van der Waals surface area contributed by atoms with Gasteiger partial charge < -0.3 is 0 Å². The number of aliphatic imine (C=N–C) groups is 4. The molecule has 8 heteroatoms. The molecular weight excluding hydrogens is 240 g/mol. The summed E-state index contributed by atoms with van der Waals surface area (Å²) in [5, 5.41) is 0. The molecule has 0 spiro atoms. The van der Waals surface area contributed by atoms with Gasteiger partial charge in [0.15, 0.2) is 5.66 Å². The summed E-state index contributed by atoms with van der Waals surface area (Å²) in [4.78, 5) is 55.1. The molecule has 0 aromatic carbocycles. The summed E-state index contributed by atoms with van der Waals surface area (Å²) in [7, 11) is 0. The Balaban J connectivity index is 3.15. The van der Waals surface area contributed by atoms with E-state index in [2.05, 4.69) is 20.0 Å². The van der Waals surface area contributed by atoms with Crippen LogP contribution in [0.4, 0.5) is 0 Å². The first kappa shape index (κ1) is 13.6. The van der Waals surface area contributed by atoms with Crippen molar-refractivity contribution in [3.05, 3.63) is 0 Å². The van der Waals surface area contributed by atoms with Gasteiger partial charge in [0, 0.05) is 12.3 Å². The lowest BCUT2D eigenvalue weighted by molar-refractivity contribution is 0.337. The van der Waals surface area contributed by atoms with Gasteiger partial charge in [-0.15, -0.1) is 0 Å². The Bertz CT molecular complexity index is 488. The molecule has 1 saturated carbocycles. The first-order valence-electron chi connectivity index (χ1n) is 5.01. The minimum absolute atomic E-state index is 0.0231. The van der Waals surface area contributed by atoms with Crippen LogP contribution in [0.5, 0.6) is 0 Å². The van der Waals surface area contributed by atoms with Gasteiger partial charge in [-0.2, -0.15) is 9.98 Å². The van der Waals surface area contributed by atoms with Crippen LogP contribution in [0.25, 0.3) is 0 Å². The van der Waals surface area contributed by atoms with E-state index in [-0.39, 0.29) is 13.0 Å². The molecule has 1 aliphatic rings. The molecule has 8 nitrogen and oxygen atoms in total. The average molecular weight is 248 g/mol. The first-order chi connectivity index (χ1) is 8.72. The van der Waals surface area contributed by atoms with Crippen molar-refractivity contribution in [2.45, 2.75) is 24.5 Å². The second kappa shape index (κ2) is 6.30. The molecule has 2 atom stereocenters. The fourth-order valence-corrected chi connectivity index (χ4v) is 2.11. The highest BCUT2D eigenvalue weighted by Gasteiger charge is 2.48. The maximum absolute atomic E-state index is 10.4. The fourth-order valence-electron chi connectivity index (χ4n) is 2.11. The fraction of sp³-hybridized carbons (Fsp3) is 0.600. The van der Waals surface area contributed by atoms with Gasteiger partial charge in [-0.05, 0) is 6.42 Å². The van der Waals surface area contributed by atoms with Crippen LogP contribution in [0.1, 0.15) is 12.8 Å². The van der Waals surface area contributed by atoms with E-state index in [0.29, 0.717) is 6.42 Å². The van der Waals surface area contributed by atoms with Gasteiger partial charge in [0.1, 0.15) is 0 Å². The van der Waals surface area contributed by atoms with Gasteiger partial charge in [0.05, 0.1) is 12.6 Å². The van der Waals surface area contributed by atoms with Gasteiger partial charge in [-0.25, -0.2) is 29.2 Å². The third-order valence-electron chi connectivity index (χ3n) is 2.84. The van der Waals surface area contributed by atoms with Crippen molar-refractivity contribution in [2.75, 3.05) is 6.54 Å². The summed E-state index contributed by atoms with van der Waals surface area (Å²) < 4.78 is 0. The molecule has 0 bridgehead atoms. The largest absolute Gasteiger partial charge is 0.237 e. The number of hydrogen-bond acceptors (Lipinski definition) is 8. The predicted octanol–water partition coefficient (Wildman–Crippen LogP) is -0.196. The number of nitrogens with zero attached hydrogens (tertiary/aromatic N) is 4. The molecule has 92 valence electrons. The zero-order valence-corrected chi connectivity index (χ0v) is 9.20. The molecule has 1 rings (SSSR count). The molecule has 0 aliphatic heterocycles. The molecular formula is C10H8N4O4. The summed E-state index contributed by atoms with van der Waals surface area (Å²) in [6.45, 7) is -0.0231. The Hall–Kier alpha value is -2.48. The highest BCUT2D eigenvalue weighted by molar-refractivity contribution is 5.41. The predicted molar refractivity (Wildman–Crippen MR) is 56.6 cm³/mol. The van der Waals surface area contributed by atoms with E-state index in [9.17, 15) is 19.2 Å². The van der Waals surface area contributed by atoms with Gasteiger partial charge in [-0.1, -0.05) is 0 Å². The molecule has 2 unspecified atom stereocenters. The molecule has 0 aromatic rings. The third-order valence-corrected chi connectivity index (χ3v) is 2.84. The summed E-state index contributed by atoms with van der Waals surface area (Å²) in [6, 6.07) is -0.483. The van der Waals surface area contributed by atoms with E-state index in [0.717, 1.165) is 0 Å². The molecule has 0 heterocycles. The lowest BCUT2D eigenvalue weighted by atomic mass is 9.97. The summed E-state index contributed by atoms with van der Waals surface area (Å²) in [6.07, 6.45) is 5.78. The van der Waals surface area contributed by atoms with Crippen LogP contribution in [0, 0.1) is 5.92 Å². The maximum atomic E-state index is 10.4. The quantitative estimate of drug-likeness (QED) is 0.494. The summed E-state index contributed by atoms with van der Waals surface area (Å²) in [5.74, 6) is -0.510.